The van der Waals surface area contributed by atoms with Crippen LogP contribution in [-0.4, -0.2) is 12.3 Å². The first-order chi connectivity index (χ1) is 7.22. The van der Waals surface area contributed by atoms with Crippen molar-refractivity contribution in [2.24, 2.45) is 0 Å². The van der Waals surface area contributed by atoms with Gasteiger partial charge in [0, 0.05) is 17.3 Å². The van der Waals surface area contributed by atoms with Gasteiger partial charge in [0.15, 0.2) is 0 Å². The summed E-state index contributed by atoms with van der Waals surface area (Å²) in [5, 5.41) is 0. The third-order valence-corrected chi connectivity index (χ3v) is 2.28. The average Bonchev–Trinajstić information content (AvgIpc) is 2.22. The summed E-state index contributed by atoms with van der Waals surface area (Å²) in [7, 11) is 0. The smallest absolute Gasteiger partial charge is 0.311 e. The molecule has 80 valence electrons. The number of hydrogen-bond donors (Lipinski definition) is 0. The molecule has 4 heteroatoms. The van der Waals surface area contributed by atoms with Crippen molar-refractivity contribution in [3.8, 4) is 5.75 Å². The van der Waals surface area contributed by atoms with Gasteiger partial charge in [-0.1, -0.05) is 15.9 Å². The lowest BCUT2D eigenvalue weighted by molar-refractivity contribution is -0.134. The van der Waals surface area contributed by atoms with Crippen molar-refractivity contribution in [3.05, 3.63) is 28.7 Å². The van der Waals surface area contributed by atoms with E-state index < -0.39 is 0 Å². The van der Waals surface area contributed by atoms with Crippen LogP contribution in [-0.2, 0) is 9.59 Å². The molecule has 0 fully saturated rings. The molecule has 15 heavy (non-hydrogen) atoms. The molecule has 0 aliphatic heterocycles. The van der Waals surface area contributed by atoms with Crippen molar-refractivity contribution in [2.45, 2.75) is 19.3 Å². The first-order valence-electron chi connectivity index (χ1n) is 4.62. The highest BCUT2D eigenvalue weighted by Gasteiger charge is 2.03. The van der Waals surface area contributed by atoms with E-state index in [2.05, 4.69) is 15.9 Å². The Morgan fingerprint density at radius 2 is 2.00 bits per heavy atom. The Morgan fingerprint density at radius 3 is 2.60 bits per heavy atom. The zero-order valence-electron chi connectivity index (χ0n) is 8.11. The molecule has 1 aromatic rings. The Balaban J connectivity index is 2.37. The van der Waals surface area contributed by atoms with Crippen molar-refractivity contribution in [1.29, 1.82) is 0 Å². The maximum absolute atomic E-state index is 11.2. The zero-order chi connectivity index (χ0) is 11.1. The van der Waals surface area contributed by atoms with E-state index in [0.29, 0.717) is 18.6 Å². The fourth-order valence-corrected chi connectivity index (χ4v) is 1.28. The first-order valence-corrected chi connectivity index (χ1v) is 5.41. The van der Waals surface area contributed by atoms with Crippen LogP contribution >= 0.6 is 15.9 Å². The number of esters is 1. The molecule has 0 saturated carbocycles. The van der Waals surface area contributed by atoms with Gasteiger partial charge in [0.05, 0.1) is 0 Å². The second kappa shape index (κ2) is 6.35. The molecule has 0 amide bonds. The number of unbranched alkanes of at least 4 members (excludes halogenated alkanes) is 1. The van der Waals surface area contributed by atoms with Gasteiger partial charge in [0.25, 0.3) is 0 Å². The Labute approximate surface area is 96.6 Å². The van der Waals surface area contributed by atoms with E-state index in [1.807, 2.05) is 0 Å². The number of halogens is 1. The molecular weight excluding hydrogens is 260 g/mol. The Bertz CT molecular complexity index is 332. The number of aldehydes is 1. The number of carbonyl (C=O) groups excluding carboxylic acids is 2. The summed E-state index contributed by atoms with van der Waals surface area (Å²) in [5.41, 5.74) is 0. The minimum Gasteiger partial charge on any atom is -0.427 e. The van der Waals surface area contributed by atoms with Gasteiger partial charge in [-0.25, -0.2) is 0 Å². The quantitative estimate of drug-likeness (QED) is 0.358. The lowest BCUT2D eigenvalue weighted by Gasteiger charge is -2.02. The minimum atomic E-state index is -0.306. The number of benzene rings is 1. The molecular formula is C11H11BrO3. The van der Waals surface area contributed by atoms with E-state index in [9.17, 15) is 9.59 Å². The molecule has 0 saturated heterocycles. The molecule has 0 unspecified atom stereocenters. The summed E-state index contributed by atoms with van der Waals surface area (Å²) in [4.78, 5) is 21.2. The van der Waals surface area contributed by atoms with Crippen molar-refractivity contribution in [1.82, 2.24) is 0 Å². The molecule has 0 aliphatic carbocycles. The summed E-state index contributed by atoms with van der Waals surface area (Å²) in [6, 6.07) is 7.02. The molecule has 0 spiro atoms. The number of hydrogen-bond acceptors (Lipinski definition) is 3. The van der Waals surface area contributed by atoms with Gasteiger partial charge < -0.3 is 9.53 Å². The molecule has 0 heterocycles. The van der Waals surface area contributed by atoms with Crippen LogP contribution in [0.3, 0.4) is 0 Å². The monoisotopic (exact) mass is 270 g/mol. The second-order valence-corrected chi connectivity index (χ2v) is 3.90. The summed E-state index contributed by atoms with van der Waals surface area (Å²) in [5.74, 6) is 0.216. The lowest BCUT2D eigenvalue weighted by atomic mass is 10.2. The van der Waals surface area contributed by atoms with E-state index in [4.69, 9.17) is 4.74 Å². The fraction of sp³-hybridized carbons (Fsp3) is 0.273. The van der Waals surface area contributed by atoms with Crippen LogP contribution in [0.25, 0.3) is 0 Å². The molecule has 0 atom stereocenters. The summed E-state index contributed by atoms with van der Waals surface area (Å²) >= 11 is 3.28. The van der Waals surface area contributed by atoms with Crippen LogP contribution < -0.4 is 4.74 Å². The first kappa shape index (κ1) is 11.9. The third-order valence-electron chi connectivity index (χ3n) is 1.75. The summed E-state index contributed by atoms with van der Waals surface area (Å²) < 4.78 is 5.97. The molecule has 1 rings (SSSR count). The Morgan fingerprint density at radius 1 is 1.33 bits per heavy atom. The van der Waals surface area contributed by atoms with E-state index in [1.54, 1.807) is 24.3 Å². The van der Waals surface area contributed by atoms with Gasteiger partial charge in [-0.15, -0.1) is 0 Å². The highest BCUT2D eigenvalue weighted by atomic mass is 79.9. The van der Waals surface area contributed by atoms with Gasteiger partial charge in [-0.05, 0) is 30.7 Å². The molecule has 0 aliphatic rings. The molecule has 0 N–H and O–H groups in total. The lowest BCUT2D eigenvalue weighted by Crippen LogP contribution is -2.07. The Hall–Kier alpha value is -1.16. The highest BCUT2D eigenvalue weighted by molar-refractivity contribution is 9.10. The van der Waals surface area contributed by atoms with E-state index in [-0.39, 0.29) is 12.4 Å². The minimum absolute atomic E-state index is 0.273. The van der Waals surface area contributed by atoms with Crippen LogP contribution in [0.15, 0.2) is 28.7 Å². The molecule has 3 nitrogen and oxygen atoms in total. The molecule has 0 aromatic heterocycles. The van der Waals surface area contributed by atoms with E-state index >= 15 is 0 Å². The number of ether oxygens (including phenoxy) is 1. The van der Waals surface area contributed by atoms with Gasteiger partial charge in [-0.2, -0.15) is 0 Å². The van der Waals surface area contributed by atoms with E-state index in [1.165, 1.54) is 0 Å². The summed E-state index contributed by atoms with van der Waals surface area (Å²) in [6.45, 7) is 0. The van der Waals surface area contributed by atoms with Crippen LogP contribution in [0.4, 0.5) is 0 Å². The van der Waals surface area contributed by atoms with Crippen molar-refractivity contribution in [3.63, 3.8) is 0 Å². The van der Waals surface area contributed by atoms with Crippen molar-refractivity contribution >= 4 is 28.2 Å². The molecule has 0 radical (unpaired) electrons. The predicted octanol–water partition coefficient (Wildman–Crippen LogP) is 2.72. The SMILES string of the molecule is O=CCCCC(=O)Oc1ccc(Br)cc1. The topological polar surface area (TPSA) is 43.4 Å². The maximum atomic E-state index is 11.2. The van der Waals surface area contributed by atoms with E-state index in [0.717, 1.165) is 10.8 Å². The molecule has 0 bridgehead atoms. The second-order valence-electron chi connectivity index (χ2n) is 2.99. The normalized spacial score (nSPS) is 9.67. The van der Waals surface area contributed by atoms with Crippen LogP contribution in [0.5, 0.6) is 5.75 Å². The van der Waals surface area contributed by atoms with Gasteiger partial charge >= 0.3 is 5.97 Å². The number of carbonyl (C=O) groups is 2. The highest BCUT2D eigenvalue weighted by Crippen LogP contribution is 2.16. The molecule has 1 aromatic carbocycles. The van der Waals surface area contributed by atoms with Gasteiger partial charge in [-0.3, -0.25) is 4.79 Å². The maximum Gasteiger partial charge on any atom is 0.311 e. The van der Waals surface area contributed by atoms with Gasteiger partial charge in [0.1, 0.15) is 12.0 Å². The largest absolute Gasteiger partial charge is 0.427 e. The number of rotatable bonds is 5. The van der Waals surface area contributed by atoms with Crippen LogP contribution in [0.1, 0.15) is 19.3 Å². The Kier molecular flexibility index (Phi) is 5.04. The standard InChI is InChI=1S/C11H11BrO3/c12-9-4-6-10(7-5-9)15-11(14)3-1-2-8-13/h4-8H,1-3H2. The zero-order valence-corrected chi connectivity index (χ0v) is 9.70. The fourth-order valence-electron chi connectivity index (χ4n) is 1.01. The third kappa shape index (κ3) is 4.74. The van der Waals surface area contributed by atoms with Crippen molar-refractivity contribution in [2.75, 3.05) is 0 Å². The van der Waals surface area contributed by atoms with Crippen molar-refractivity contribution < 1.29 is 14.3 Å². The summed E-state index contributed by atoms with van der Waals surface area (Å²) in [6.07, 6.45) is 2.01. The van der Waals surface area contributed by atoms with Crippen LogP contribution in [0, 0.1) is 0 Å². The van der Waals surface area contributed by atoms with Gasteiger partial charge in [0.2, 0.25) is 0 Å². The predicted molar refractivity (Wildman–Crippen MR) is 59.7 cm³/mol. The van der Waals surface area contributed by atoms with Crippen LogP contribution in [0.2, 0.25) is 0 Å². The average molecular weight is 271 g/mol.